The Bertz CT molecular complexity index is 584. The molecule has 0 saturated heterocycles. The van der Waals surface area contributed by atoms with Crippen LogP contribution in [0.15, 0.2) is 48.5 Å². The molecule has 1 amide bonds. The Labute approximate surface area is 123 Å². The fraction of sp³-hybridized carbons (Fsp3) is 0.188. The van der Waals surface area contributed by atoms with E-state index < -0.39 is 0 Å². The van der Waals surface area contributed by atoms with Gasteiger partial charge in [0.2, 0.25) is 0 Å². The predicted octanol–water partition coefficient (Wildman–Crippen LogP) is 3.67. The third-order valence-corrected chi connectivity index (χ3v) is 3.02. The van der Waals surface area contributed by atoms with Crippen molar-refractivity contribution < 1.29 is 9.53 Å². The van der Waals surface area contributed by atoms with Crippen molar-refractivity contribution in [1.29, 1.82) is 0 Å². The van der Waals surface area contributed by atoms with Crippen LogP contribution in [0.3, 0.4) is 0 Å². The van der Waals surface area contributed by atoms with E-state index in [0.29, 0.717) is 29.5 Å². The van der Waals surface area contributed by atoms with Crippen molar-refractivity contribution in [2.24, 2.45) is 0 Å². The maximum Gasteiger partial charge on any atom is 0.255 e. The van der Waals surface area contributed by atoms with Crippen LogP contribution in [0, 0.1) is 0 Å². The standard InChI is InChI=1S/C16H16ClNO2/c1-2-20-15-9-8-13(17)10-14(15)16(19)18-11-12-6-4-3-5-7-12/h3-10H,2,11H2,1H3,(H,18,19). The van der Waals surface area contributed by atoms with Gasteiger partial charge in [-0.05, 0) is 30.7 Å². The van der Waals surface area contributed by atoms with Crippen LogP contribution >= 0.6 is 11.6 Å². The fourth-order valence-electron chi connectivity index (χ4n) is 1.83. The van der Waals surface area contributed by atoms with Crippen LogP contribution in [-0.4, -0.2) is 12.5 Å². The highest BCUT2D eigenvalue weighted by molar-refractivity contribution is 6.31. The van der Waals surface area contributed by atoms with Gasteiger partial charge in [-0.1, -0.05) is 41.9 Å². The van der Waals surface area contributed by atoms with Crippen LogP contribution in [0.5, 0.6) is 5.75 Å². The zero-order valence-corrected chi connectivity index (χ0v) is 12.0. The SMILES string of the molecule is CCOc1ccc(Cl)cc1C(=O)NCc1ccccc1. The lowest BCUT2D eigenvalue weighted by atomic mass is 10.1. The summed E-state index contributed by atoms with van der Waals surface area (Å²) in [5, 5.41) is 3.38. The van der Waals surface area contributed by atoms with Gasteiger partial charge in [-0.2, -0.15) is 0 Å². The first-order valence-electron chi connectivity index (χ1n) is 6.45. The lowest BCUT2D eigenvalue weighted by molar-refractivity contribution is 0.0947. The van der Waals surface area contributed by atoms with E-state index >= 15 is 0 Å². The third kappa shape index (κ3) is 3.75. The molecule has 0 unspecified atom stereocenters. The van der Waals surface area contributed by atoms with Crippen LogP contribution in [0.1, 0.15) is 22.8 Å². The van der Waals surface area contributed by atoms with Gasteiger partial charge in [0.25, 0.3) is 5.91 Å². The topological polar surface area (TPSA) is 38.3 Å². The molecule has 104 valence electrons. The van der Waals surface area contributed by atoms with Crippen molar-refractivity contribution in [2.75, 3.05) is 6.61 Å². The van der Waals surface area contributed by atoms with Crippen molar-refractivity contribution in [3.63, 3.8) is 0 Å². The van der Waals surface area contributed by atoms with Crippen LogP contribution < -0.4 is 10.1 Å². The highest BCUT2D eigenvalue weighted by Gasteiger charge is 2.12. The summed E-state index contributed by atoms with van der Waals surface area (Å²) in [5.74, 6) is 0.349. The predicted molar refractivity (Wildman–Crippen MR) is 80.2 cm³/mol. The summed E-state index contributed by atoms with van der Waals surface area (Å²) in [6, 6.07) is 14.8. The number of hydrogen-bond acceptors (Lipinski definition) is 2. The molecule has 20 heavy (non-hydrogen) atoms. The number of amides is 1. The lowest BCUT2D eigenvalue weighted by Gasteiger charge is -2.11. The zero-order valence-electron chi connectivity index (χ0n) is 11.2. The minimum atomic E-state index is -0.195. The Morgan fingerprint density at radius 2 is 1.95 bits per heavy atom. The third-order valence-electron chi connectivity index (χ3n) is 2.78. The monoisotopic (exact) mass is 289 g/mol. The molecule has 0 atom stereocenters. The average Bonchev–Trinajstić information content (AvgIpc) is 2.48. The maximum atomic E-state index is 12.2. The molecule has 2 rings (SSSR count). The Morgan fingerprint density at radius 3 is 2.65 bits per heavy atom. The van der Waals surface area contributed by atoms with Crippen LogP contribution in [-0.2, 0) is 6.54 Å². The molecule has 0 bridgehead atoms. The molecule has 0 radical (unpaired) electrons. The largest absolute Gasteiger partial charge is 0.493 e. The molecule has 1 N–H and O–H groups in total. The number of rotatable bonds is 5. The molecule has 0 spiro atoms. The molecule has 4 heteroatoms. The summed E-state index contributed by atoms with van der Waals surface area (Å²) >= 11 is 5.94. The zero-order chi connectivity index (χ0) is 14.4. The van der Waals surface area contributed by atoms with Crippen molar-refractivity contribution in [1.82, 2.24) is 5.32 Å². The summed E-state index contributed by atoms with van der Waals surface area (Å²) in [6.45, 7) is 2.85. The molecular formula is C16H16ClNO2. The lowest BCUT2D eigenvalue weighted by Crippen LogP contribution is -2.23. The number of halogens is 1. The second-order valence-electron chi connectivity index (χ2n) is 4.24. The minimum Gasteiger partial charge on any atom is -0.493 e. The molecule has 0 aliphatic rings. The van der Waals surface area contributed by atoms with Crippen molar-refractivity contribution in [3.8, 4) is 5.75 Å². The number of ether oxygens (including phenoxy) is 1. The normalized spacial score (nSPS) is 10.1. The first-order chi connectivity index (χ1) is 9.70. The molecule has 2 aromatic rings. The minimum absolute atomic E-state index is 0.195. The first-order valence-corrected chi connectivity index (χ1v) is 6.83. The smallest absolute Gasteiger partial charge is 0.255 e. The van der Waals surface area contributed by atoms with Gasteiger partial charge in [-0.25, -0.2) is 0 Å². The first kappa shape index (κ1) is 14.4. The Hall–Kier alpha value is -2.00. The van der Waals surface area contributed by atoms with Crippen molar-refractivity contribution in [2.45, 2.75) is 13.5 Å². The molecule has 0 heterocycles. The van der Waals surface area contributed by atoms with Crippen LogP contribution in [0.25, 0.3) is 0 Å². The van der Waals surface area contributed by atoms with E-state index in [9.17, 15) is 4.79 Å². The Morgan fingerprint density at radius 1 is 1.20 bits per heavy atom. The molecule has 0 aliphatic heterocycles. The maximum absolute atomic E-state index is 12.2. The number of hydrogen-bond donors (Lipinski definition) is 1. The molecular weight excluding hydrogens is 274 g/mol. The quantitative estimate of drug-likeness (QED) is 0.912. The van der Waals surface area contributed by atoms with Crippen molar-refractivity contribution >= 4 is 17.5 Å². The van der Waals surface area contributed by atoms with Crippen LogP contribution in [0.2, 0.25) is 5.02 Å². The Balaban J connectivity index is 2.10. The summed E-state index contributed by atoms with van der Waals surface area (Å²) in [5.41, 5.74) is 1.50. The van der Waals surface area contributed by atoms with E-state index in [1.807, 2.05) is 37.3 Å². The van der Waals surface area contributed by atoms with Gasteiger partial charge >= 0.3 is 0 Å². The summed E-state index contributed by atoms with van der Waals surface area (Å²) in [6.07, 6.45) is 0. The van der Waals surface area contributed by atoms with Crippen LogP contribution in [0.4, 0.5) is 0 Å². The van der Waals surface area contributed by atoms with Gasteiger partial charge in [0.05, 0.1) is 12.2 Å². The highest BCUT2D eigenvalue weighted by Crippen LogP contribution is 2.23. The number of benzene rings is 2. The number of carbonyl (C=O) groups is 1. The summed E-state index contributed by atoms with van der Waals surface area (Å²) in [7, 11) is 0. The van der Waals surface area contributed by atoms with Gasteiger partial charge < -0.3 is 10.1 Å². The van der Waals surface area contributed by atoms with Crippen molar-refractivity contribution in [3.05, 3.63) is 64.7 Å². The summed E-state index contributed by atoms with van der Waals surface area (Å²) < 4.78 is 5.45. The van der Waals surface area contributed by atoms with Gasteiger partial charge in [-0.15, -0.1) is 0 Å². The van der Waals surface area contributed by atoms with E-state index in [0.717, 1.165) is 5.56 Å². The van der Waals surface area contributed by atoms with Gasteiger partial charge in [0.15, 0.2) is 0 Å². The molecule has 0 fully saturated rings. The Kier molecular flexibility index (Phi) is 5.02. The molecule has 0 saturated carbocycles. The van der Waals surface area contributed by atoms with E-state index in [-0.39, 0.29) is 5.91 Å². The van der Waals surface area contributed by atoms with E-state index in [1.54, 1.807) is 18.2 Å². The molecule has 3 nitrogen and oxygen atoms in total. The molecule has 2 aromatic carbocycles. The second-order valence-corrected chi connectivity index (χ2v) is 4.68. The van der Waals surface area contributed by atoms with E-state index in [4.69, 9.17) is 16.3 Å². The number of nitrogens with one attached hydrogen (secondary N) is 1. The van der Waals surface area contributed by atoms with Gasteiger partial charge in [-0.3, -0.25) is 4.79 Å². The van der Waals surface area contributed by atoms with E-state index in [2.05, 4.69) is 5.32 Å². The van der Waals surface area contributed by atoms with Gasteiger partial charge in [0.1, 0.15) is 5.75 Å². The average molecular weight is 290 g/mol. The number of carbonyl (C=O) groups excluding carboxylic acids is 1. The molecule has 0 aromatic heterocycles. The fourth-order valence-corrected chi connectivity index (χ4v) is 2.01. The summed E-state index contributed by atoms with van der Waals surface area (Å²) in [4.78, 5) is 12.2. The molecule has 0 aliphatic carbocycles. The second kappa shape index (κ2) is 6.96. The van der Waals surface area contributed by atoms with Gasteiger partial charge in [0, 0.05) is 11.6 Å². The highest BCUT2D eigenvalue weighted by atomic mass is 35.5. The van der Waals surface area contributed by atoms with E-state index in [1.165, 1.54) is 0 Å².